The van der Waals surface area contributed by atoms with E-state index in [4.69, 9.17) is 14.2 Å². The number of anilines is 2. The third-order valence-corrected chi connectivity index (χ3v) is 8.96. The number of nitrogens with one attached hydrogen (secondary N) is 3. The zero-order chi connectivity index (χ0) is 35.1. The fraction of sp³-hybridized carbons (Fsp3) is 0.410. The van der Waals surface area contributed by atoms with Crippen molar-refractivity contribution in [1.82, 2.24) is 9.88 Å². The summed E-state index contributed by atoms with van der Waals surface area (Å²) in [5, 5.41) is 10.5. The minimum absolute atomic E-state index is 0.00539. The van der Waals surface area contributed by atoms with Crippen LogP contribution in [0.3, 0.4) is 0 Å². The Morgan fingerprint density at radius 2 is 1.73 bits per heavy atom. The highest BCUT2D eigenvalue weighted by molar-refractivity contribution is 6.01. The van der Waals surface area contributed by atoms with E-state index in [9.17, 15) is 14.4 Å². The lowest BCUT2D eigenvalue weighted by molar-refractivity contribution is -0.119. The van der Waals surface area contributed by atoms with Crippen molar-refractivity contribution in [2.75, 3.05) is 38.5 Å². The molecule has 1 atom stereocenters. The van der Waals surface area contributed by atoms with Crippen LogP contribution < -0.4 is 35.6 Å². The van der Waals surface area contributed by atoms with Gasteiger partial charge in [0.25, 0.3) is 0 Å². The van der Waals surface area contributed by atoms with Crippen molar-refractivity contribution in [3.63, 3.8) is 0 Å². The summed E-state index contributed by atoms with van der Waals surface area (Å²) >= 11 is 0. The predicted molar refractivity (Wildman–Crippen MR) is 195 cm³/mol. The van der Waals surface area contributed by atoms with Gasteiger partial charge in [0, 0.05) is 43.6 Å². The Bertz CT molecular complexity index is 1880. The maximum absolute atomic E-state index is 13.5. The van der Waals surface area contributed by atoms with Crippen LogP contribution in [0.5, 0.6) is 17.2 Å². The first kappa shape index (κ1) is 35.3. The Hall–Kier alpha value is -4.99. The molecule has 3 N–H and O–H groups in total. The fourth-order valence-corrected chi connectivity index (χ4v) is 6.76. The standard InChI is InChI=1S/C39H48N4O6/c1-24(2)23-43-20-18-28-30(11-10-12-33(28)43)42-36(46)13-8-7-9-19-40-32-17-15-27-29(22-34(32)45)31(41-25(3)44)16-14-26-21-35(47-4)38(48-5)39(49-6)37(26)27/h10-12,15,17-18,20-22,24,31H,7-9,13-14,16,19,23H2,1-6H3,(H,40,45)(H,41,44)(H,42,46). The molecule has 260 valence electrons. The Labute approximate surface area is 288 Å². The van der Waals surface area contributed by atoms with Crippen molar-refractivity contribution in [2.45, 2.75) is 71.9 Å². The molecular formula is C39H48N4O6. The molecule has 1 aliphatic rings. The zero-order valence-corrected chi connectivity index (χ0v) is 29.4. The molecule has 4 aromatic rings. The molecule has 1 aliphatic carbocycles. The van der Waals surface area contributed by atoms with Crippen LogP contribution in [0.4, 0.5) is 11.4 Å². The van der Waals surface area contributed by atoms with Gasteiger partial charge >= 0.3 is 0 Å². The van der Waals surface area contributed by atoms with E-state index < -0.39 is 0 Å². The lowest BCUT2D eigenvalue weighted by Gasteiger charge is -2.19. The van der Waals surface area contributed by atoms with Gasteiger partial charge in [-0.3, -0.25) is 14.4 Å². The number of ether oxygens (including phenoxy) is 3. The van der Waals surface area contributed by atoms with E-state index in [2.05, 4.69) is 52.7 Å². The molecule has 0 saturated heterocycles. The van der Waals surface area contributed by atoms with Crippen LogP contribution in [-0.4, -0.2) is 44.3 Å². The summed E-state index contributed by atoms with van der Waals surface area (Å²) in [6.45, 7) is 7.37. The largest absolute Gasteiger partial charge is 0.493 e. The number of carbonyl (C=O) groups is 2. The molecule has 49 heavy (non-hydrogen) atoms. The monoisotopic (exact) mass is 668 g/mol. The van der Waals surface area contributed by atoms with Gasteiger partial charge in [0.1, 0.15) is 0 Å². The van der Waals surface area contributed by atoms with Crippen LogP contribution >= 0.6 is 0 Å². The van der Waals surface area contributed by atoms with Gasteiger partial charge in [-0.25, -0.2) is 0 Å². The maximum atomic E-state index is 13.5. The lowest BCUT2D eigenvalue weighted by atomic mass is 9.95. The third-order valence-electron chi connectivity index (χ3n) is 8.96. The highest BCUT2D eigenvalue weighted by Crippen LogP contribution is 2.50. The number of fused-ring (bicyclic) bond motifs is 4. The van der Waals surface area contributed by atoms with Gasteiger partial charge in [-0.2, -0.15) is 0 Å². The average molecular weight is 669 g/mol. The van der Waals surface area contributed by atoms with Gasteiger partial charge < -0.3 is 34.7 Å². The van der Waals surface area contributed by atoms with Crippen LogP contribution in [0, 0.1) is 5.92 Å². The summed E-state index contributed by atoms with van der Waals surface area (Å²) in [4.78, 5) is 38.6. The number of benzene rings is 2. The van der Waals surface area contributed by atoms with Gasteiger partial charge in [-0.15, -0.1) is 0 Å². The molecule has 0 radical (unpaired) electrons. The highest BCUT2D eigenvalue weighted by Gasteiger charge is 2.29. The first-order chi connectivity index (χ1) is 23.6. The first-order valence-electron chi connectivity index (χ1n) is 17.0. The molecule has 0 fully saturated rings. The van der Waals surface area contributed by atoms with Crippen LogP contribution in [0.15, 0.2) is 59.5 Å². The summed E-state index contributed by atoms with van der Waals surface area (Å²) in [6, 6.07) is 15.0. The van der Waals surface area contributed by atoms with Gasteiger partial charge in [0.2, 0.25) is 23.0 Å². The fourth-order valence-electron chi connectivity index (χ4n) is 6.76. The minimum Gasteiger partial charge on any atom is -0.493 e. The van der Waals surface area contributed by atoms with Gasteiger partial charge in [-0.1, -0.05) is 32.4 Å². The van der Waals surface area contributed by atoms with Crippen molar-refractivity contribution >= 4 is 34.1 Å². The SMILES string of the molecule is COc1cc2c(c(OC)c1OC)-c1ccc(NCCCCCC(=O)Nc3cccc4c3ccn4CC(C)C)c(=O)cc1C(NC(C)=O)CC2. The molecule has 10 nitrogen and oxygen atoms in total. The van der Waals surface area contributed by atoms with Crippen molar-refractivity contribution in [3.05, 3.63) is 76.1 Å². The molecule has 3 aromatic carbocycles. The van der Waals surface area contributed by atoms with E-state index >= 15 is 0 Å². The molecule has 1 heterocycles. The van der Waals surface area contributed by atoms with Crippen LogP contribution in [-0.2, 0) is 22.6 Å². The molecule has 10 heteroatoms. The number of carbonyl (C=O) groups excluding carboxylic acids is 2. The molecule has 1 aromatic heterocycles. The maximum Gasteiger partial charge on any atom is 0.224 e. The number of rotatable bonds is 14. The number of hydrogen-bond acceptors (Lipinski definition) is 7. The molecule has 5 rings (SSSR count). The Kier molecular flexibility index (Phi) is 11.5. The molecular weight excluding hydrogens is 620 g/mol. The van der Waals surface area contributed by atoms with E-state index in [1.807, 2.05) is 24.3 Å². The zero-order valence-electron chi connectivity index (χ0n) is 29.4. The van der Waals surface area contributed by atoms with Gasteiger partial charge in [0.15, 0.2) is 11.5 Å². The van der Waals surface area contributed by atoms with Crippen LogP contribution in [0.2, 0.25) is 0 Å². The van der Waals surface area contributed by atoms with E-state index in [-0.39, 0.29) is 23.3 Å². The number of nitrogens with zero attached hydrogens (tertiary/aromatic N) is 1. The van der Waals surface area contributed by atoms with E-state index in [0.717, 1.165) is 64.7 Å². The van der Waals surface area contributed by atoms with Crippen LogP contribution in [0.1, 0.15) is 70.0 Å². The molecule has 1 unspecified atom stereocenters. The Morgan fingerprint density at radius 3 is 2.45 bits per heavy atom. The van der Waals surface area contributed by atoms with Crippen LogP contribution in [0.25, 0.3) is 22.0 Å². The van der Waals surface area contributed by atoms with E-state index in [1.54, 1.807) is 33.5 Å². The quantitative estimate of drug-likeness (QED) is 0.123. The lowest BCUT2D eigenvalue weighted by Crippen LogP contribution is -2.26. The van der Waals surface area contributed by atoms with Crippen molar-refractivity contribution in [1.29, 1.82) is 0 Å². The number of hydrogen-bond donors (Lipinski definition) is 3. The second kappa shape index (κ2) is 15.9. The molecule has 2 amide bonds. The minimum atomic E-state index is -0.368. The van der Waals surface area contributed by atoms with Crippen molar-refractivity contribution < 1.29 is 23.8 Å². The average Bonchev–Trinajstić information content (AvgIpc) is 3.33. The smallest absolute Gasteiger partial charge is 0.224 e. The molecule has 0 aliphatic heterocycles. The summed E-state index contributed by atoms with van der Waals surface area (Å²) in [6.07, 6.45) is 6.08. The number of unbranched alkanes of at least 4 members (excludes halogenated alkanes) is 2. The summed E-state index contributed by atoms with van der Waals surface area (Å²) in [5.41, 5.74) is 5.54. The topological polar surface area (TPSA) is 120 Å². The van der Waals surface area contributed by atoms with Gasteiger partial charge in [0.05, 0.1) is 44.3 Å². The molecule has 0 spiro atoms. The summed E-state index contributed by atoms with van der Waals surface area (Å²) in [7, 11) is 4.73. The summed E-state index contributed by atoms with van der Waals surface area (Å²) < 4.78 is 19.4. The van der Waals surface area contributed by atoms with Gasteiger partial charge in [-0.05, 0) is 84.7 Å². The second-order valence-corrected chi connectivity index (χ2v) is 13.0. The highest BCUT2D eigenvalue weighted by atomic mass is 16.5. The normalized spacial score (nSPS) is 13.7. The summed E-state index contributed by atoms with van der Waals surface area (Å²) in [5.74, 6) is 1.88. The Balaban J connectivity index is 1.26. The number of aryl methyl sites for hydroxylation is 1. The number of methoxy groups -OCH3 is 3. The third kappa shape index (κ3) is 8.01. The van der Waals surface area contributed by atoms with E-state index in [0.29, 0.717) is 54.7 Å². The van der Waals surface area contributed by atoms with Crippen molar-refractivity contribution in [3.8, 4) is 28.4 Å². The molecule has 0 bridgehead atoms. The molecule has 0 saturated carbocycles. The number of aromatic nitrogens is 1. The Morgan fingerprint density at radius 1 is 0.939 bits per heavy atom. The second-order valence-electron chi connectivity index (χ2n) is 13.0. The van der Waals surface area contributed by atoms with E-state index in [1.165, 1.54) is 6.92 Å². The predicted octanol–water partition coefficient (Wildman–Crippen LogP) is 7.08. The number of amides is 2. The first-order valence-corrected chi connectivity index (χ1v) is 17.0. The van der Waals surface area contributed by atoms with Crippen molar-refractivity contribution in [2.24, 2.45) is 5.92 Å².